The number of amidine groups is 1. The Labute approximate surface area is 83.0 Å². The lowest BCUT2D eigenvalue weighted by molar-refractivity contribution is 0.161. The van der Waals surface area contributed by atoms with E-state index in [0.29, 0.717) is 0 Å². The largest absolute Gasteiger partial charge is 0.472 e. The van der Waals surface area contributed by atoms with Crippen molar-refractivity contribution in [3.8, 4) is 0 Å². The van der Waals surface area contributed by atoms with Crippen molar-refractivity contribution in [2.24, 2.45) is 5.73 Å². The van der Waals surface area contributed by atoms with Gasteiger partial charge in [0.1, 0.15) is 5.17 Å². The number of hydrogen-bond donors (Lipinski definition) is 4. The Morgan fingerprint density at radius 3 is 1.92 bits per heavy atom. The third kappa shape index (κ3) is 18.7. The van der Waals surface area contributed by atoms with E-state index in [2.05, 4.69) is 27.4 Å². The van der Waals surface area contributed by atoms with Crippen LogP contribution >= 0.6 is 20.5 Å². The second-order valence-electron chi connectivity index (χ2n) is 1.69. The Morgan fingerprint density at radius 1 is 1.54 bits per heavy atom. The maximum atomic E-state index is 10.5. The minimum Gasteiger partial charge on any atom is -0.379 e. The molecule has 0 unspecified atom stereocenters. The van der Waals surface area contributed by atoms with E-state index in [1.54, 1.807) is 13.8 Å². The summed E-state index contributed by atoms with van der Waals surface area (Å²) in [5.74, 6) is 0. The van der Waals surface area contributed by atoms with E-state index in [1.165, 1.54) is 0 Å². The Kier molecular flexibility index (Phi) is 10.1. The van der Waals surface area contributed by atoms with Crippen LogP contribution in [0.15, 0.2) is 0 Å². The number of phosphoric acid groups is 1. The summed E-state index contributed by atoms with van der Waals surface area (Å²) < 4.78 is 19.2. The minimum atomic E-state index is -3.69. The molecule has 0 spiro atoms. The van der Waals surface area contributed by atoms with Gasteiger partial charge in [-0.2, -0.15) is 0 Å². The van der Waals surface area contributed by atoms with Crippen molar-refractivity contribution in [2.45, 2.75) is 13.8 Å². The minimum absolute atomic E-state index is 0.139. The molecule has 0 amide bonds. The molecule has 0 aliphatic heterocycles. The first-order valence-corrected chi connectivity index (χ1v) is 5.44. The molecule has 6 nitrogen and oxygen atoms in total. The standard InChI is InChI=1S/C4H11O4P.CH4N2S/c1-3-7-9(5,6)8-4-2;2-1(3)4/h3-4H2,1-2H3,(H,5,6);(H4,2,3,4). The van der Waals surface area contributed by atoms with Gasteiger partial charge in [-0.3, -0.25) is 14.5 Å². The smallest absolute Gasteiger partial charge is 0.379 e. The van der Waals surface area contributed by atoms with E-state index in [-0.39, 0.29) is 18.4 Å². The van der Waals surface area contributed by atoms with Gasteiger partial charge in [-0.15, -0.1) is 12.6 Å². The number of nitrogens with one attached hydrogen (secondary N) is 1. The molecular weight excluding hydrogens is 215 g/mol. The fraction of sp³-hybridized carbons (Fsp3) is 0.800. The molecule has 0 bridgehead atoms. The zero-order chi connectivity index (χ0) is 10.9. The van der Waals surface area contributed by atoms with E-state index in [4.69, 9.17) is 10.3 Å². The van der Waals surface area contributed by atoms with Gasteiger partial charge in [0.2, 0.25) is 0 Å². The first-order valence-electron chi connectivity index (χ1n) is 3.50. The monoisotopic (exact) mass is 230 g/mol. The quantitative estimate of drug-likeness (QED) is 0.249. The molecule has 0 aliphatic carbocycles. The highest BCUT2D eigenvalue weighted by molar-refractivity contribution is 7.96. The molecule has 0 saturated carbocycles. The Hall–Kier alpha value is -0.0700. The molecule has 0 rings (SSSR count). The van der Waals surface area contributed by atoms with E-state index >= 15 is 0 Å². The molecule has 80 valence electrons. The van der Waals surface area contributed by atoms with Crippen LogP contribution in [0, 0.1) is 5.41 Å². The fourth-order valence-electron chi connectivity index (χ4n) is 0.364. The van der Waals surface area contributed by atoms with Gasteiger partial charge < -0.3 is 10.6 Å². The number of hydrogen-bond acceptors (Lipinski definition) is 4. The van der Waals surface area contributed by atoms with Crippen LogP contribution in [0.5, 0.6) is 0 Å². The van der Waals surface area contributed by atoms with Crippen LogP contribution in [-0.4, -0.2) is 23.3 Å². The van der Waals surface area contributed by atoms with Crippen molar-refractivity contribution in [1.82, 2.24) is 0 Å². The van der Waals surface area contributed by atoms with Crippen molar-refractivity contribution in [1.29, 1.82) is 5.41 Å². The molecule has 0 aromatic rings. The SMILES string of the molecule is CCOP(=O)(O)OCC.N=C(N)S. The highest BCUT2D eigenvalue weighted by atomic mass is 32.1. The third-order valence-corrected chi connectivity index (χ3v) is 1.75. The maximum Gasteiger partial charge on any atom is 0.472 e. The summed E-state index contributed by atoms with van der Waals surface area (Å²) in [5, 5.41) is 6.00. The second-order valence-corrected chi connectivity index (χ2v) is 3.62. The van der Waals surface area contributed by atoms with Gasteiger partial charge in [-0.05, 0) is 13.8 Å². The lowest BCUT2D eigenvalue weighted by atomic mass is 10.9. The zero-order valence-corrected chi connectivity index (χ0v) is 9.35. The number of nitrogens with two attached hydrogens (primary N) is 1. The molecular formula is C5H15N2O4PS. The number of rotatable bonds is 4. The van der Waals surface area contributed by atoms with E-state index in [1.807, 2.05) is 0 Å². The van der Waals surface area contributed by atoms with Gasteiger partial charge in [0.15, 0.2) is 0 Å². The molecule has 0 saturated heterocycles. The van der Waals surface area contributed by atoms with Crippen molar-refractivity contribution >= 4 is 25.6 Å². The summed E-state index contributed by atoms with van der Waals surface area (Å²) in [5.41, 5.74) is 4.56. The van der Waals surface area contributed by atoms with Crippen molar-refractivity contribution in [2.75, 3.05) is 13.2 Å². The molecule has 8 heteroatoms. The summed E-state index contributed by atoms with van der Waals surface area (Å²) in [6.07, 6.45) is 0. The summed E-state index contributed by atoms with van der Waals surface area (Å²) in [6, 6.07) is 0. The predicted molar refractivity (Wildman–Crippen MR) is 54.0 cm³/mol. The van der Waals surface area contributed by atoms with Crippen molar-refractivity contribution in [3.63, 3.8) is 0 Å². The number of thiol groups is 1. The van der Waals surface area contributed by atoms with Crippen LogP contribution in [0.25, 0.3) is 0 Å². The van der Waals surface area contributed by atoms with Gasteiger partial charge in [0.25, 0.3) is 0 Å². The summed E-state index contributed by atoms with van der Waals surface area (Å²) in [7, 11) is -3.69. The molecule has 13 heavy (non-hydrogen) atoms. The first-order chi connectivity index (χ1) is 5.85. The highest BCUT2D eigenvalue weighted by Crippen LogP contribution is 2.42. The van der Waals surface area contributed by atoms with E-state index in [9.17, 15) is 4.57 Å². The normalized spacial score (nSPS) is 10.2. The molecule has 0 fully saturated rings. The summed E-state index contributed by atoms with van der Waals surface area (Å²) >= 11 is 3.33. The molecule has 0 atom stereocenters. The van der Waals surface area contributed by atoms with Crippen molar-refractivity contribution in [3.05, 3.63) is 0 Å². The second kappa shape index (κ2) is 8.52. The van der Waals surface area contributed by atoms with Crippen LogP contribution < -0.4 is 5.73 Å². The summed E-state index contributed by atoms with van der Waals surface area (Å²) in [4.78, 5) is 8.63. The maximum absolute atomic E-state index is 10.5. The fourth-order valence-corrected chi connectivity index (χ4v) is 1.09. The van der Waals surface area contributed by atoms with Crippen LogP contribution in [-0.2, 0) is 13.6 Å². The topological polar surface area (TPSA) is 106 Å². The van der Waals surface area contributed by atoms with Gasteiger partial charge in [0, 0.05) is 0 Å². The van der Waals surface area contributed by atoms with Crippen LogP contribution in [0.2, 0.25) is 0 Å². The van der Waals surface area contributed by atoms with Crippen LogP contribution in [0.3, 0.4) is 0 Å². The van der Waals surface area contributed by atoms with Gasteiger partial charge in [-0.25, -0.2) is 4.57 Å². The Morgan fingerprint density at radius 2 is 1.77 bits per heavy atom. The third-order valence-electron chi connectivity index (χ3n) is 0.584. The molecule has 0 radical (unpaired) electrons. The zero-order valence-electron chi connectivity index (χ0n) is 7.56. The van der Waals surface area contributed by atoms with Gasteiger partial charge in [0.05, 0.1) is 13.2 Å². The first kappa shape index (κ1) is 15.4. The average Bonchev–Trinajstić information content (AvgIpc) is 1.84. The Bertz CT molecular complexity index is 175. The lowest BCUT2D eigenvalue weighted by Crippen LogP contribution is -1.96. The highest BCUT2D eigenvalue weighted by Gasteiger charge is 2.17. The molecule has 0 aliphatic rings. The predicted octanol–water partition coefficient (Wildman–Crippen LogP) is 0.969. The van der Waals surface area contributed by atoms with Crippen LogP contribution in [0.4, 0.5) is 0 Å². The summed E-state index contributed by atoms with van der Waals surface area (Å²) in [6.45, 7) is 3.63. The number of phosphoric ester groups is 1. The van der Waals surface area contributed by atoms with Crippen molar-refractivity contribution < 1.29 is 18.5 Å². The van der Waals surface area contributed by atoms with Crippen LogP contribution in [0.1, 0.15) is 13.8 Å². The molecule has 0 aromatic carbocycles. The van der Waals surface area contributed by atoms with Gasteiger partial charge >= 0.3 is 7.82 Å². The van der Waals surface area contributed by atoms with E-state index < -0.39 is 7.82 Å². The average molecular weight is 230 g/mol. The Balaban J connectivity index is 0. The molecule has 0 heterocycles. The molecule has 4 N–H and O–H groups in total. The lowest BCUT2D eigenvalue weighted by Gasteiger charge is -2.07. The van der Waals surface area contributed by atoms with E-state index in [0.717, 1.165) is 0 Å². The van der Waals surface area contributed by atoms with Gasteiger partial charge in [-0.1, -0.05) is 0 Å². The molecule has 0 aromatic heterocycles.